The summed E-state index contributed by atoms with van der Waals surface area (Å²) in [6, 6.07) is 8.93. The van der Waals surface area contributed by atoms with E-state index in [1.165, 1.54) is 18.4 Å². The molecule has 20 heavy (non-hydrogen) atoms. The fraction of sp³-hybridized carbons (Fsp3) is 0.667. The van der Waals surface area contributed by atoms with Gasteiger partial charge in [-0.3, -0.25) is 0 Å². The van der Waals surface area contributed by atoms with E-state index in [1.807, 2.05) is 0 Å². The smallest absolute Gasteiger partial charge is 0.0914 e. The first-order valence-corrected chi connectivity index (χ1v) is 8.07. The lowest BCUT2D eigenvalue weighted by Gasteiger charge is -2.19. The molecule has 0 aliphatic heterocycles. The van der Waals surface area contributed by atoms with Crippen LogP contribution in [0.4, 0.5) is 0 Å². The molecular formula is C18H31NO. The summed E-state index contributed by atoms with van der Waals surface area (Å²) in [4.78, 5) is 0. The second kappa shape index (κ2) is 9.15. The molecule has 2 unspecified atom stereocenters. The SMILES string of the molecule is CCCC(CC)NCC(O)c1ccc(CC(C)C)cc1. The highest BCUT2D eigenvalue weighted by Crippen LogP contribution is 2.16. The first-order valence-electron chi connectivity index (χ1n) is 8.07. The van der Waals surface area contributed by atoms with Gasteiger partial charge in [0.25, 0.3) is 0 Å². The molecular weight excluding hydrogens is 246 g/mol. The molecule has 1 aromatic rings. The van der Waals surface area contributed by atoms with Crippen molar-refractivity contribution in [3.05, 3.63) is 35.4 Å². The topological polar surface area (TPSA) is 32.3 Å². The van der Waals surface area contributed by atoms with Gasteiger partial charge < -0.3 is 10.4 Å². The zero-order valence-corrected chi connectivity index (χ0v) is 13.5. The summed E-state index contributed by atoms with van der Waals surface area (Å²) in [5.41, 5.74) is 2.36. The summed E-state index contributed by atoms with van der Waals surface area (Å²) < 4.78 is 0. The molecule has 0 aliphatic carbocycles. The fourth-order valence-corrected chi connectivity index (χ4v) is 2.54. The Hall–Kier alpha value is -0.860. The number of aliphatic hydroxyl groups is 1. The molecule has 0 saturated heterocycles. The van der Waals surface area contributed by atoms with Crippen LogP contribution >= 0.6 is 0 Å². The average molecular weight is 277 g/mol. The summed E-state index contributed by atoms with van der Waals surface area (Å²) >= 11 is 0. The zero-order valence-electron chi connectivity index (χ0n) is 13.5. The Balaban J connectivity index is 2.48. The number of hydrogen-bond donors (Lipinski definition) is 2. The van der Waals surface area contributed by atoms with E-state index in [2.05, 4.69) is 57.3 Å². The molecule has 1 aromatic carbocycles. The Morgan fingerprint density at radius 1 is 1.10 bits per heavy atom. The van der Waals surface area contributed by atoms with Crippen LogP contribution in [0.2, 0.25) is 0 Å². The molecule has 2 N–H and O–H groups in total. The van der Waals surface area contributed by atoms with E-state index >= 15 is 0 Å². The minimum absolute atomic E-state index is 0.408. The molecule has 1 rings (SSSR count). The Bertz CT molecular complexity index is 358. The highest BCUT2D eigenvalue weighted by molar-refractivity contribution is 5.24. The van der Waals surface area contributed by atoms with Crippen molar-refractivity contribution in [2.75, 3.05) is 6.54 Å². The molecule has 114 valence electrons. The third kappa shape index (κ3) is 6.06. The summed E-state index contributed by atoms with van der Waals surface area (Å²) in [7, 11) is 0. The van der Waals surface area contributed by atoms with Gasteiger partial charge in [-0.05, 0) is 36.3 Å². The molecule has 0 bridgehead atoms. The molecule has 0 aliphatic rings. The standard InChI is InChI=1S/C18H31NO/c1-5-7-17(6-2)19-13-18(20)16-10-8-15(9-11-16)12-14(3)4/h8-11,14,17-20H,5-7,12-13H2,1-4H3. The third-order valence-corrected chi connectivity index (χ3v) is 3.74. The van der Waals surface area contributed by atoms with E-state index in [0.29, 0.717) is 18.5 Å². The first-order chi connectivity index (χ1) is 9.56. The first kappa shape index (κ1) is 17.2. The van der Waals surface area contributed by atoms with E-state index < -0.39 is 6.10 Å². The van der Waals surface area contributed by atoms with Crippen LogP contribution < -0.4 is 5.32 Å². The number of nitrogens with one attached hydrogen (secondary N) is 1. The molecule has 0 radical (unpaired) electrons. The van der Waals surface area contributed by atoms with E-state index in [9.17, 15) is 5.11 Å². The van der Waals surface area contributed by atoms with Gasteiger partial charge in [-0.25, -0.2) is 0 Å². The number of aliphatic hydroxyl groups excluding tert-OH is 1. The van der Waals surface area contributed by atoms with Crippen LogP contribution in [-0.2, 0) is 6.42 Å². The van der Waals surface area contributed by atoms with Gasteiger partial charge in [0, 0.05) is 12.6 Å². The lowest BCUT2D eigenvalue weighted by molar-refractivity contribution is 0.168. The van der Waals surface area contributed by atoms with Crippen LogP contribution in [0.25, 0.3) is 0 Å². The minimum Gasteiger partial charge on any atom is -0.387 e. The van der Waals surface area contributed by atoms with Crippen LogP contribution in [0.3, 0.4) is 0 Å². The maximum Gasteiger partial charge on any atom is 0.0914 e. The van der Waals surface area contributed by atoms with Crippen molar-refractivity contribution in [2.24, 2.45) is 5.92 Å². The Morgan fingerprint density at radius 3 is 2.25 bits per heavy atom. The van der Waals surface area contributed by atoms with E-state index in [4.69, 9.17) is 0 Å². The van der Waals surface area contributed by atoms with Crippen molar-refractivity contribution in [3.63, 3.8) is 0 Å². The lowest BCUT2D eigenvalue weighted by atomic mass is 10.00. The summed E-state index contributed by atoms with van der Waals surface area (Å²) in [5, 5.41) is 13.7. The van der Waals surface area contributed by atoms with E-state index in [1.54, 1.807) is 0 Å². The van der Waals surface area contributed by atoms with E-state index in [0.717, 1.165) is 18.4 Å². The van der Waals surface area contributed by atoms with Gasteiger partial charge in [-0.2, -0.15) is 0 Å². The van der Waals surface area contributed by atoms with Crippen molar-refractivity contribution in [1.29, 1.82) is 0 Å². The lowest BCUT2D eigenvalue weighted by Crippen LogP contribution is -2.32. The fourth-order valence-electron chi connectivity index (χ4n) is 2.54. The second-order valence-electron chi connectivity index (χ2n) is 6.16. The number of benzene rings is 1. The molecule has 0 heterocycles. The molecule has 2 nitrogen and oxygen atoms in total. The Labute approximate surface area is 124 Å². The molecule has 0 saturated carbocycles. The summed E-state index contributed by atoms with van der Waals surface area (Å²) in [6.07, 6.45) is 4.17. The van der Waals surface area contributed by atoms with Gasteiger partial charge in [0.2, 0.25) is 0 Å². The van der Waals surface area contributed by atoms with Crippen LogP contribution in [-0.4, -0.2) is 17.7 Å². The monoisotopic (exact) mass is 277 g/mol. The zero-order chi connectivity index (χ0) is 15.0. The van der Waals surface area contributed by atoms with Crippen LogP contribution in [0.15, 0.2) is 24.3 Å². The molecule has 0 spiro atoms. The molecule has 2 heteroatoms. The number of hydrogen-bond acceptors (Lipinski definition) is 2. The number of rotatable bonds is 9. The van der Waals surface area contributed by atoms with Gasteiger partial charge in [0.05, 0.1) is 6.10 Å². The summed E-state index contributed by atoms with van der Waals surface area (Å²) in [6.45, 7) is 9.49. The quantitative estimate of drug-likeness (QED) is 0.712. The van der Waals surface area contributed by atoms with Crippen LogP contribution in [0.1, 0.15) is 64.2 Å². The van der Waals surface area contributed by atoms with Crippen LogP contribution in [0, 0.1) is 5.92 Å². The predicted molar refractivity (Wildman–Crippen MR) is 86.9 cm³/mol. The summed E-state index contributed by atoms with van der Waals surface area (Å²) in [5.74, 6) is 0.673. The van der Waals surface area contributed by atoms with Crippen LogP contribution in [0.5, 0.6) is 0 Å². The molecule has 0 amide bonds. The molecule has 0 fully saturated rings. The predicted octanol–water partition coefficient (Wildman–Crippen LogP) is 4.09. The van der Waals surface area contributed by atoms with Gasteiger partial charge >= 0.3 is 0 Å². The van der Waals surface area contributed by atoms with E-state index in [-0.39, 0.29) is 0 Å². The minimum atomic E-state index is -0.408. The highest BCUT2D eigenvalue weighted by atomic mass is 16.3. The third-order valence-electron chi connectivity index (χ3n) is 3.74. The van der Waals surface area contributed by atoms with Crippen molar-refractivity contribution < 1.29 is 5.11 Å². The van der Waals surface area contributed by atoms with Crippen molar-refractivity contribution >= 4 is 0 Å². The van der Waals surface area contributed by atoms with Gasteiger partial charge in [-0.15, -0.1) is 0 Å². The van der Waals surface area contributed by atoms with Gasteiger partial charge in [-0.1, -0.05) is 58.4 Å². The molecule has 2 atom stereocenters. The van der Waals surface area contributed by atoms with Crippen molar-refractivity contribution in [3.8, 4) is 0 Å². The van der Waals surface area contributed by atoms with Gasteiger partial charge in [0.15, 0.2) is 0 Å². The van der Waals surface area contributed by atoms with Gasteiger partial charge in [0.1, 0.15) is 0 Å². The Morgan fingerprint density at radius 2 is 1.75 bits per heavy atom. The average Bonchev–Trinajstić information content (AvgIpc) is 2.43. The highest BCUT2D eigenvalue weighted by Gasteiger charge is 2.10. The maximum atomic E-state index is 10.2. The maximum absolute atomic E-state index is 10.2. The van der Waals surface area contributed by atoms with Crippen molar-refractivity contribution in [1.82, 2.24) is 5.32 Å². The van der Waals surface area contributed by atoms with Crippen molar-refractivity contribution in [2.45, 2.75) is 65.5 Å². The normalized spacial score (nSPS) is 14.5. The largest absolute Gasteiger partial charge is 0.387 e. The molecule has 0 aromatic heterocycles. The second-order valence-corrected chi connectivity index (χ2v) is 6.16. The Kier molecular flexibility index (Phi) is 7.86.